The molecule has 1 heterocycles. The van der Waals surface area contributed by atoms with Crippen molar-refractivity contribution in [3.05, 3.63) is 125 Å². The summed E-state index contributed by atoms with van der Waals surface area (Å²) in [6.07, 6.45) is -1.71. The molecule has 10 heteroatoms. The van der Waals surface area contributed by atoms with Crippen LogP contribution in [0.4, 0.5) is 4.79 Å². The molecule has 1 amide bonds. The molecular weight excluding hydrogens is 590 g/mol. The zero-order chi connectivity index (χ0) is 33.1. The van der Waals surface area contributed by atoms with Crippen LogP contribution < -0.4 is 14.8 Å². The average Bonchev–Trinajstić information content (AvgIpc) is 3.02. The Labute approximate surface area is 266 Å². The fraction of sp³-hybridized carbons (Fsp3) is 0.250. The number of hydrogen-bond acceptors (Lipinski definition) is 8. The SMILES string of the molecule is CC(C)(C)OC(=O)NC(C(=O)O)C(O)(c1ccc2c(c1)OC(c1ccc(O)cc1)CC2=O)c1ccccc1OCc1ccccc1. The first-order valence-corrected chi connectivity index (χ1v) is 14.7. The highest BCUT2D eigenvalue weighted by Crippen LogP contribution is 2.43. The monoisotopic (exact) mass is 625 g/mol. The van der Waals surface area contributed by atoms with Crippen molar-refractivity contribution in [3.8, 4) is 17.2 Å². The van der Waals surface area contributed by atoms with Gasteiger partial charge in [-0.2, -0.15) is 0 Å². The maximum atomic E-state index is 13.2. The van der Waals surface area contributed by atoms with Crippen LogP contribution in [-0.4, -0.2) is 44.8 Å². The average molecular weight is 626 g/mol. The first-order chi connectivity index (χ1) is 21.8. The van der Waals surface area contributed by atoms with E-state index in [-0.39, 0.29) is 52.7 Å². The van der Waals surface area contributed by atoms with E-state index in [9.17, 15) is 29.7 Å². The van der Waals surface area contributed by atoms with Gasteiger partial charge < -0.3 is 34.8 Å². The molecule has 0 fully saturated rings. The number of benzene rings is 4. The van der Waals surface area contributed by atoms with Gasteiger partial charge in [0.15, 0.2) is 11.8 Å². The van der Waals surface area contributed by atoms with Crippen molar-refractivity contribution in [1.82, 2.24) is 5.32 Å². The van der Waals surface area contributed by atoms with Gasteiger partial charge in [-0.3, -0.25) is 4.79 Å². The molecule has 5 rings (SSSR count). The molecule has 4 aromatic carbocycles. The standard InChI is InChI=1S/C36H35NO9/c1-35(2,3)46-34(42)37-32(33(40)41)36(43,27-11-7-8-12-29(27)44-21-22-9-5-4-6-10-22)24-15-18-26-28(39)20-30(45-31(26)19-24)23-13-16-25(38)17-14-23/h4-19,30,32,38,43H,20-21H2,1-3H3,(H,37,42)(H,40,41). The third-order valence-corrected chi connectivity index (χ3v) is 7.49. The second kappa shape index (κ2) is 12.9. The minimum absolute atomic E-state index is 0.0182. The number of rotatable bonds is 9. The highest BCUT2D eigenvalue weighted by molar-refractivity contribution is 6.00. The van der Waals surface area contributed by atoms with Crippen molar-refractivity contribution in [3.63, 3.8) is 0 Å². The smallest absolute Gasteiger partial charge is 0.408 e. The number of nitrogens with one attached hydrogen (secondary N) is 1. The summed E-state index contributed by atoms with van der Waals surface area (Å²) in [6, 6.07) is 24.3. The lowest BCUT2D eigenvalue weighted by Crippen LogP contribution is -2.56. The molecular formula is C36H35NO9. The summed E-state index contributed by atoms with van der Waals surface area (Å²) < 4.78 is 17.7. The molecule has 0 bridgehead atoms. The van der Waals surface area contributed by atoms with E-state index in [1.165, 1.54) is 36.4 Å². The number of ketones is 1. The second-order valence-corrected chi connectivity index (χ2v) is 12.0. The zero-order valence-electron chi connectivity index (χ0n) is 25.6. The lowest BCUT2D eigenvalue weighted by atomic mass is 9.78. The van der Waals surface area contributed by atoms with Crippen molar-refractivity contribution in [2.75, 3.05) is 0 Å². The molecule has 1 aliphatic heterocycles. The molecule has 4 N–H and O–H groups in total. The number of aliphatic carboxylic acids is 1. The van der Waals surface area contributed by atoms with E-state index in [2.05, 4.69) is 5.32 Å². The van der Waals surface area contributed by atoms with Crippen molar-refractivity contribution >= 4 is 17.8 Å². The number of carboxylic acids is 1. The topological polar surface area (TPSA) is 152 Å². The Kier molecular flexibility index (Phi) is 9.02. The van der Waals surface area contributed by atoms with Crippen LogP contribution in [0.1, 0.15) is 65.9 Å². The van der Waals surface area contributed by atoms with Crippen LogP contribution in [0, 0.1) is 0 Å². The maximum Gasteiger partial charge on any atom is 0.408 e. The van der Waals surface area contributed by atoms with Gasteiger partial charge in [0, 0.05) is 5.56 Å². The molecule has 0 radical (unpaired) electrons. The number of aromatic hydroxyl groups is 1. The lowest BCUT2D eigenvalue weighted by molar-refractivity contribution is -0.146. The number of amides is 1. The molecule has 46 heavy (non-hydrogen) atoms. The van der Waals surface area contributed by atoms with Gasteiger partial charge >= 0.3 is 12.1 Å². The number of carbonyl (C=O) groups is 3. The summed E-state index contributed by atoms with van der Waals surface area (Å²) in [5.41, 5.74) is -1.61. The Morgan fingerprint density at radius 2 is 1.63 bits per heavy atom. The van der Waals surface area contributed by atoms with Crippen LogP contribution in [-0.2, 0) is 21.7 Å². The number of aliphatic hydroxyl groups is 1. The fourth-order valence-electron chi connectivity index (χ4n) is 5.33. The first kappa shape index (κ1) is 32.1. The number of alkyl carbamates (subject to hydrolysis) is 1. The number of Topliss-reactive ketones (excluding diaryl/α,β-unsaturated/α-hetero) is 1. The maximum absolute atomic E-state index is 13.2. The number of phenolic OH excluding ortho intramolecular Hbond substituents is 1. The minimum atomic E-state index is -2.46. The van der Waals surface area contributed by atoms with Crippen molar-refractivity contribution in [2.24, 2.45) is 0 Å². The van der Waals surface area contributed by atoms with Crippen LogP contribution in [0.25, 0.3) is 0 Å². The summed E-state index contributed by atoms with van der Waals surface area (Å²) in [7, 11) is 0. The van der Waals surface area contributed by atoms with Gasteiger partial charge in [0.1, 0.15) is 41.2 Å². The van der Waals surface area contributed by atoms with Crippen LogP contribution in [0.3, 0.4) is 0 Å². The van der Waals surface area contributed by atoms with E-state index < -0.39 is 35.4 Å². The number of phenols is 1. The molecule has 238 valence electrons. The van der Waals surface area contributed by atoms with E-state index in [0.29, 0.717) is 5.56 Å². The molecule has 0 saturated carbocycles. The number of para-hydroxylation sites is 1. The van der Waals surface area contributed by atoms with Crippen LogP contribution in [0.2, 0.25) is 0 Å². The van der Waals surface area contributed by atoms with E-state index in [0.717, 1.165) is 5.56 Å². The van der Waals surface area contributed by atoms with Gasteiger partial charge in [-0.15, -0.1) is 0 Å². The largest absolute Gasteiger partial charge is 0.508 e. The summed E-state index contributed by atoms with van der Waals surface area (Å²) >= 11 is 0. The fourth-order valence-corrected chi connectivity index (χ4v) is 5.33. The van der Waals surface area contributed by atoms with Gasteiger partial charge in [-0.25, -0.2) is 9.59 Å². The highest BCUT2D eigenvalue weighted by Gasteiger charge is 2.49. The zero-order valence-corrected chi connectivity index (χ0v) is 25.6. The van der Waals surface area contributed by atoms with E-state index in [4.69, 9.17) is 14.2 Å². The number of hydrogen-bond donors (Lipinski definition) is 4. The van der Waals surface area contributed by atoms with Crippen molar-refractivity contribution in [2.45, 2.75) is 57.1 Å². The quantitative estimate of drug-likeness (QED) is 0.178. The second-order valence-electron chi connectivity index (χ2n) is 12.0. The van der Waals surface area contributed by atoms with Crippen LogP contribution in [0.15, 0.2) is 97.1 Å². The predicted molar refractivity (Wildman–Crippen MR) is 168 cm³/mol. The van der Waals surface area contributed by atoms with E-state index in [1.54, 1.807) is 51.1 Å². The molecule has 10 nitrogen and oxygen atoms in total. The van der Waals surface area contributed by atoms with E-state index >= 15 is 0 Å². The van der Waals surface area contributed by atoms with Gasteiger partial charge in [-0.05, 0) is 67.8 Å². The first-order valence-electron chi connectivity index (χ1n) is 14.7. The third-order valence-electron chi connectivity index (χ3n) is 7.49. The summed E-state index contributed by atoms with van der Waals surface area (Å²) in [5, 5.41) is 35.2. The predicted octanol–water partition coefficient (Wildman–Crippen LogP) is 5.89. The molecule has 4 aromatic rings. The molecule has 0 saturated heterocycles. The summed E-state index contributed by atoms with van der Waals surface area (Å²) in [4.78, 5) is 39.0. The van der Waals surface area contributed by atoms with Crippen molar-refractivity contribution < 1.29 is 43.9 Å². The molecule has 0 spiro atoms. The van der Waals surface area contributed by atoms with Gasteiger partial charge in [0.25, 0.3) is 0 Å². The molecule has 1 aliphatic rings. The summed E-state index contributed by atoms with van der Waals surface area (Å²) in [5.74, 6) is -1.42. The van der Waals surface area contributed by atoms with Crippen LogP contribution in [0.5, 0.6) is 17.2 Å². The van der Waals surface area contributed by atoms with Gasteiger partial charge in [0.05, 0.1) is 12.0 Å². The third kappa shape index (κ3) is 6.97. The number of carboxylic acid groups (broad SMARTS) is 1. The molecule has 0 aromatic heterocycles. The highest BCUT2D eigenvalue weighted by atomic mass is 16.6. The van der Waals surface area contributed by atoms with E-state index in [1.807, 2.05) is 30.3 Å². The Morgan fingerprint density at radius 1 is 0.957 bits per heavy atom. The van der Waals surface area contributed by atoms with Gasteiger partial charge in [0.2, 0.25) is 0 Å². The normalized spacial score (nSPS) is 16.3. The molecule has 0 aliphatic carbocycles. The van der Waals surface area contributed by atoms with Crippen molar-refractivity contribution in [1.29, 1.82) is 0 Å². The number of ether oxygens (including phenoxy) is 3. The Balaban J connectivity index is 1.62. The Morgan fingerprint density at radius 3 is 2.30 bits per heavy atom. The Bertz CT molecular complexity index is 1730. The molecule has 3 unspecified atom stereocenters. The number of fused-ring (bicyclic) bond motifs is 1. The summed E-state index contributed by atoms with van der Waals surface area (Å²) in [6.45, 7) is 5.00. The minimum Gasteiger partial charge on any atom is -0.508 e. The van der Waals surface area contributed by atoms with Gasteiger partial charge in [-0.1, -0.05) is 66.7 Å². The number of carbonyl (C=O) groups excluding carboxylic acids is 2. The van der Waals surface area contributed by atoms with Crippen LogP contribution >= 0.6 is 0 Å². The lowest BCUT2D eigenvalue weighted by Gasteiger charge is -2.37. The molecule has 3 atom stereocenters. The Hall–Kier alpha value is -5.35.